The Kier molecular flexibility index (Phi) is 16.8. The fourth-order valence-corrected chi connectivity index (χ4v) is 3.25. The molecular formula is C26H41NO3. The Hall–Kier alpha value is -1.75. The van der Waals surface area contributed by atoms with Crippen LogP contribution >= 0.6 is 0 Å². The molecule has 0 bridgehead atoms. The highest BCUT2D eigenvalue weighted by Gasteiger charge is 1.99. The van der Waals surface area contributed by atoms with E-state index in [2.05, 4.69) is 35.6 Å². The van der Waals surface area contributed by atoms with Crippen LogP contribution in [0.2, 0.25) is 0 Å². The Morgan fingerprint density at radius 1 is 1.03 bits per heavy atom. The number of ether oxygens (including phenoxy) is 1. The van der Waals surface area contributed by atoms with Gasteiger partial charge >= 0.3 is 0 Å². The van der Waals surface area contributed by atoms with Gasteiger partial charge in [0.1, 0.15) is 6.29 Å². The molecule has 0 aliphatic heterocycles. The summed E-state index contributed by atoms with van der Waals surface area (Å²) in [7, 11) is 0. The van der Waals surface area contributed by atoms with Gasteiger partial charge in [-0.25, -0.2) is 0 Å². The Bertz CT molecular complexity index is 583. The van der Waals surface area contributed by atoms with Crippen LogP contribution in [0.3, 0.4) is 0 Å². The van der Waals surface area contributed by atoms with E-state index in [4.69, 9.17) is 9.84 Å². The highest BCUT2D eigenvalue weighted by atomic mass is 16.5. The van der Waals surface area contributed by atoms with Crippen LogP contribution in [-0.4, -0.2) is 44.3 Å². The first-order valence-electron chi connectivity index (χ1n) is 11.5. The Morgan fingerprint density at radius 3 is 2.50 bits per heavy atom. The molecule has 4 heteroatoms. The summed E-state index contributed by atoms with van der Waals surface area (Å²) in [5.74, 6) is -0.0885. The summed E-state index contributed by atoms with van der Waals surface area (Å²) in [5.41, 5.74) is 2.51. The molecule has 1 aromatic carbocycles. The molecule has 4 nitrogen and oxygen atoms in total. The lowest BCUT2D eigenvalue weighted by Crippen LogP contribution is -2.17. The zero-order valence-electron chi connectivity index (χ0n) is 18.7. The van der Waals surface area contributed by atoms with Crippen molar-refractivity contribution in [1.29, 1.82) is 0 Å². The quantitative estimate of drug-likeness (QED) is 0.192. The van der Waals surface area contributed by atoms with Crippen LogP contribution in [0.15, 0.2) is 54.1 Å². The lowest BCUT2D eigenvalue weighted by atomic mass is 10.1. The molecule has 0 fully saturated rings. The van der Waals surface area contributed by atoms with Gasteiger partial charge in [0.2, 0.25) is 0 Å². The number of rotatable bonds is 19. The van der Waals surface area contributed by atoms with Gasteiger partial charge in [0.05, 0.1) is 6.61 Å². The number of carbonyl (C=O) groups excluding carboxylic acids is 1. The van der Waals surface area contributed by atoms with E-state index in [-0.39, 0.29) is 12.5 Å². The first-order valence-corrected chi connectivity index (χ1v) is 11.5. The molecule has 0 aromatic heterocycles. The number of aryl methyl sites for hydroxylation is 1. The van der Waals surface area contributed by atoms with Crippen LogP contribution in [0.4, 0.5) is 0 Å². The highest BCUT2D eigenvalue weighted by molar-refractivity contribution is 5.56. The molecule has 0 spiro atoms. The maximum atomic E-state index is 10.8. The average Bonchev–Trinajstić information content (AvgIpc) is 2.77. The summed E-state index contributed by atoms with van der Waals surface area (Å²) in [5, 5.41) is 12.4. The third-order valence-corrected chi connectivity index (χ3v) is 4.96. The number of aliphatic hydroxyl groups is 1. The van der Waals surface area contributed by atoms with Gasteiger partial charge in [-0.3, -0.25) is 0 Å². The van der Waals surface area contributed by atoms with Crippen LogP contribution < -0.4 is 5.32 Å². The third-order valence-electron chi connectivity index (χ3n) is 4.96. The van der Waals surface area contributed by atoms with Crippen LogP contribution in [0, 0.1) is 5.92 Å². The van der Waals surface area contributed by atoms with E-state index in [1.165, 1.54) is 31.2 Å². The first-order chi connectivity index (χ1) is 14.8. The second-order valence-electron chi connectivity index (χ2n) is 7.79. The van der Waals surface area contributed by atoms with Crippen molar-refractivity contribution in [2.24, 2.45) is 5.92 Å². The molecule has 1 rings (SSSR count). The summed E-state index contributed by atoms with van der Waals surface area (Å²) in [6.07, 6.45) is 15.6. The van der Waals surface area contributed by atoms with Crippen LogP contribution in [0.25, 0.3) is 0 Å². The lowest BCUT2D eigenvalue weighted by Gasteiger charge is -2.07. The molecule has 0 saturated carbocycles. The summed E-state index contributed by atoms with van der Waals surface area (Å²) in [4.78, 5) is 10.8. The standard InChI is InChI=1S/C26H41NO3/c1-24(23-29)22-26(15-11-19-28)16-18-27-17-8-2-3-9-20-30-21-10-7-14-25-12-5-4-6-13-25/h4-6,11-13,15,22-24,27-28H,2-3,7-10,14,16-21H2,1H3/b15-11-,26-22+. The molecule has 168 valence electrons. The number of unbranched alkanes of at least 4 members (excludes halogenated alkanes) is 4. The summed E-state index contributed by atoms with van der Waals surface area (Å²) >= 11 is 0. The molecule has 1 aromatic rings. The zero-order chi connectivity index (χ0) is 21.7. The van der Waals surface area contributed by atoms with Gasteiger partial charge in [0.25, 0.3) is 0 Å². The minimum atomic E-state index is -0.0885. The molecule has 30 heavy (non-hydrogen) atoms. The van der Waals surface area contributed by atoms with Crippen molar-refractivity contribution in [2.45, 2.75) is 58.3 Å². The van der Waals surface area contributed by atoms with Gasteiger partial charge < -0.3 is 20.0 Å². The second kappa shape index (κ2) is 19.2. The molecule has 1 unspecified atom stereocenters. The largest absolute Gasteiger partial charge is 0.392 e. The molecule has 0 radical (unpaired) electrons. The number of allylic oxidation sites excluding steroid dienone is 2. The SMILES string of the molecule is CC(C=O)/C=C(\C=C/CO)CCNCCCCCCOCCCCc1ccccc1. The molecule has 0 amide bonds. The topological polar surface area (TPSA) is 58.6 Å². The number of hydrogen-bond acceptors (Lipinski definition) is 4. The van der Waals surface area contributed by atoms with Crippen LogP contribution in [-0.2, 0) is 16.0 Å². The van der Waals surface area contributed by atoms with Crippen molar-refractivity contribution >= 4 is 6.29 Å². The number of hydrogen-bond donors (Lipinski definition) is 2. The van der Waals surface area contributed by atoms with Crippen LogP contribution in [0.1, 0.15) is 57.4 Å². The fourth-order valence-electron chi connectivity index (χ4n) is 3.25. The number of nitrogens with one attached hydrogen (secondary N) is 1. The number of aliphatic hydroxyl groups excluding tert-OH is 1. The van der Waals surface area contributed by atoms with Gasteiger partial charge in [0.15, 0.2) is 0 Å². The van der Waals surface area contributed by atoms with E-state index < -0.39 is 0 Å². The van der Waals surface area contributed by atoms with Crippen molar-refractivity contribution in [3.05, 3.63) is 59.7 Å². The van der Waals surface area contributed by atoms with E-state index >= 15 is 0 Å². The summed E-state index contributed by atoms with van der Waals surface area (Å²) in [6, 6.07) is 10.6. The molecule has 2 N–H and O–H groups in total. The molecule has 0 aliphatic carbocycles. The maximum Gasteiger partial charge on any atom is 0.126 e. The summed E-state index contributed by atoms with van der Waals surface area (Å²) in [6.45, 7) is 5.55. The molecule has 0 heterocycles. The predicted molar refractivity (Wildman–Crippen MR) is 126 cm³/mol. The third kappa shape index (κ3) is 15.1. The Balaban J connectivity index is 1.90. The van der Waals surface area contributed by atoms with Crippen molar-refractivity contribution in [2.75, 3.05) is 32.9 Å². The number of benzene rings is 1. The normalized spacial score (nSPS) is 13.1. The van der Waals surface area contributed by atoms with Crippen molar-refractivity contribution in [3.8, 4) is 0 Å². The van der Waals surface area contributed by atoms with E-state index in [0.29, 0.717) is 0 Å². The highest BCUT2D eigenvalue weighted by Crippen LogP contribution is 2.08. The fraction of sp³-hybridized carbons (Fsp3) is 0.577. The Morgan fingerprint density at radius 2 is 1.77 bits per heavy atom. The minimum Gasteiger partial charge on any atom is -0.392 e. The molecule has 0 aliphatic rings. The smallest absolute Gasteiger partial charge is 0.126 e. The van der Waals surface area contributed by atoms with Gasteiger partial charge in [-0.15, -0.1) is 0 Å². The van der Waals surface area contributed by atoms with E-state index in [1.54, 1.807) is 6.08 Å². The van der Waals surface area contributed by atoms with Gasteiger partial charge in [0, 0.05) is 19.1 Å². The molecular weight excluding hydrogens is 374 g/mol. The van der Waals surface area contributed by atoms with Crippen molar-refractivity contribution in [3.63, 3.8) is 0 Å². The summed E-state index contributed by atoms with van der Waals surface area (Å²) < 4.78 is 5.75. The molecule has 1 atom stereocenters. The first kappa shape index (κ1) is 26.3. The maximum absolute atomic E-state index is 10.8. The number of carbonyl (C=O) groups is 1. The monoisotopic (exact) mass is 415 g/mol. The zero-order valence-corrected chi connectivity index (χ0v) is 18.7. The van der Waals surface area contributed by atoms with E-state index in [1.807, 2.05) is 19.1 Å². The van der Waals surface area contributed by atoms with E-state index in [0.717, 1.165) is 63.8 Å². The predicted octanol–water partition coefficient (Wildman–Crippen LogP) is 4.88. The van der Waals surface area contributed by atoms with Crippen LogP contribution in [0.5, 0.6) is 0 Å². The number of aldehydes is 1. The van der Waals surface area contributed by atoms with Crippen molar-refractivity contribution in [1.82, 2.24) is 5.32 Å². The minimum absolute atomic E-state index is 0.0254. The van der Waals surface area contributed by atoms with E-state index in [9.17, 15) is 4.79 Å². The Labute approximate surface area is 183 Å². The lowest BCUT2D eigenvalue weighted by molar-refractivity contribution is -0.109. The van der Waals surface area contributed by atoms with Gasteiger partial charge in [-0.2, -0.15) is 0 Å². The van der Waals surface area contributed by atoms with Crippen molar-refractivity contribution < 1.29 is 14.6 Å². The molecule has 0 saturated heterocycles. The van der Waals surface area contributed by atoms with Gasteiger partial charge in [-0.05, 0) is 57.2 Å². The second-order valence-corrected chi connectivity index (χ2v) is 7.79. The average molecular weight is 416 g/mol. The van der Waals surface area contributed by atoms with Gasteiger partial charge in [-0.1, -0.05) is 73.9 Å².